The van der Waals surface area contributed by atoms with E-state index in [0.717, 1.165) is 33.8 Å². The highest BCUT2D eigenvalue weighted by Gasteiger charge is 2.35. The SMILES string of the molecule is CCCCNC(=O)[C@@H](Cc1ccccc1)N(Cc1ccccc1Cl)C(=O)CN(c1cc(C)ccc1OC)S(=O)(=O)c1ccc(C)cc1. The van der Waals surface area contributed by atoms with Crippen molar-refractivity contribution >= 4 is 39.1 Å². The van der Waals surface area contributed by atoms with E-state index in [9.17, 15) is 18.0 Å². The van der Waals surface area contributed by atoms with Gasteiger partial charge in [-0.25, -0.2) is 8.42 Å². The number of anilines is 1. The average molecular weight is 676 g/mol. The van der Waals surface area contributed by atoms with Gasteiger partial charge >= 0.3 is 0 Å². The molecule has 0 spiro atoms. The van der Waals surface area contributed by atoms with Gasteiger partial charge in [-0.3, -0.25) is 13.9 Å². The number of nitrogens with zero attached hydrogens (tertiary/aromatic N) is 2. The summed E-state index contributed by atoms with van der Waals surface area (Å²) in [5.41, 5.74) is 3.37. The van der Waals surface area contributed by atoms with Gasteiger partial charge in [0, 0.05) is 24.5 Å². The molecule has 0 aliphatic carbocycles. The number of aryl methyl sites for hydroxylation is 2. The first kappa shape index (κ1) is 35.5. The van der Waals surface area contributed by atoms with Gasteiger partial charge in [0.25, 0.3) is 10.0 Å². The van der Waals surface area contributed by atoms with Crippen LogP contribution in [0.25, 0.3) is 0 Å². The quantitative estimate of drug-likeness (QED) is 0.141. The Labute approximate surface area is 283 Å². The summed E-state index contributed by atoms with van der Waals surface area (Å²) < 4.78 is 35.4. The Morgan fingerprint density at radius 3 is 2.21 bits per heavy atom. The number of methoxy groups -OCH3 is 1. The predicted octanol–water partition coefficient (Wildman–Crippen LogP) is 6.72. The van der Waals surface area contributed by atoms with Crippen LogP contribution in [0.2, 0.25) is 5.02 Å². The number of hydrogen-bond acceptors (Lipinski definition) is 5. The number of carbonyl (C=O) groups is 2. The van der Waals surface area contributed by atoms with Crippen molar-refractivity contribution in [2.75, 3.05) is 24.5 Å². The largest absolute Gasteiger partial charge is 0.495 e. The molecule has 0 bridgehead atoms. The molecule has 1 N–H and O–H groups in total. The molecule has 1 atom stereocenters. The molecule has 4 rings (SSSR count). The van der Waals surface area contributed by atoms with Crippen molar-refractivity contribution in [1.29, 1.82) is 0 Å². The molecule has 248 valence electrons. The molecule has 0 heterocycles. The van der Waals surface area contributed by atoms with Crippen molar-refractivity contribution in [3.05, 3.63) is 124 Å². The van der Waals surface area contributed by atoms with Gasteiger partial charge < -0.3 is 15.0 Å². The van der Waals surface area contributed by atoms with Crippen LogP contribution in [0.1, 0.15) is 42.0 Å². The molecule has 0 saturated carbocycles. The monoisotopic (exact) mass is 675 g/mol. The highest BCUT2D eigenvalue weighted by Crippen LogP contribution is 2.34. The maximum absolute atomic E-state index is 14.7. The zero-order valence-electron chi connectivity index (χ0n) is 27.3. The Balaban J connectivity index is 1.85. The number of halogens is 1. The number of hydrogen-bond donors (Lipinski definition) is 1. The lowest BCUT2D eigenvalue weighted by atomic mass is 10.0. The average Bonchev–Trinajstić information content (AvgIpc) is 3.06. The maximum atomic E-state index is 14.7. The Kier molecular flexibility index (Phi) is 12.4. The minimum atomic E-state index is -4.27. The molecule has 2 amide bonds. The predicted molar refractivity (Wildman–Crippen MR) is 187 cm³/mol. The highest BCUT2D eigenvalue weighted by molar-refractivity contribution is 7.92. The summed E-state index contributed by atoms with van der Waals surface area (Å²) in [6, 6.07) is 27.2. The highest BCUT2D eigenvalue weighted by atomic mass is 35.5. The maximum Gasteiger partial charge on any atom is 0.264 e. The summed E-state index contributed by atoms with van der Waals surface area (Å²) in [6.45, 7) is 5.58. The molecule has 4 aromatic carbocycles. The first-order valence-corrected chi connectivity index (χ1v) is 17.5. The number of rotatable bonds is 15. The van der Waals surface area contributed by atoms with Gasteiger partial charge in [-0.2, -0.15) is 0 Å². The van der Waals surface area contributed by atoms with Gasteiger partial charge in [0.05, 0.1) is 17.7 Å². The zero-order valence-corrected chi connectivity index (χ0v) is 28.9. The van der Waals surface area contributed by atoms with Crippen LogP contribution in [-0.2, 0) is 32.6 Å². The number of benzene rings is 4. The van der Waals surface area contributed by atoms with Crippen LogP contribution in [0.15, 0.2) is 102 Å². The van der Waals surface area contributed by atoms with E-state index in [2.05, 4.69) is 5.32 Å². The van der Waals surface area contributed by atoms with Gasteiger partial charge in [-0.1, -0.05) is 97.2 Å². The number of unbranched alkanes of at least 4 members (excludes halogenated alkanes) is 1. The fourth-order valence-corrected chi connectivity index (χ4v) is 6.83. The third-order valence-electron chi connectivity index (χ3n) is 7.89. The molecule has 0 unspecified atom stereocenters. The second-order valence-corrected chi connectivity index (χ2v) is 13.7. The first-order chi connectivity index (χ1) is 22.5. The molecule has 0 aromatic heterocycles. The molecule has 0 aliphatic rings. The van der Waals surface area contributed by atoms with Crippen LogP contribution in [0, 0.1) is 13.8 Å². The van der Waals surface area contributed by atoms with Gasteiger partial charge in [0.2, 0.25) is 11.8 Å². The minimum absolute atomic E-state index is 0.0133. The molecule has 0 radical (unpaired) electrons. The van der Waals surface area contributed by atoms with Crippen LogP contribution in [-0.4, -0.2) is 51.4 Å². The van der Waals surface area contributed by atoms with Gasteiger partial charge in [0.1, 0.15) is 18.3 Å². The van der Waals surface area contributed by atoms with E-state index < -0.39 is 28.5 Å². The Bertz CT molecular complexity index is 1760. The summed E-state index contributed by atoms with van der Waals surface area (Å²) in [7, 11) is -2.82. The molecule has 47 heavy (non-hydrogen) atoms. The number of ether oxygens (including phenoxy) is 1. The Hall–Kier alpha value is -4.34. The van der Waals surface area contributed by atoms with Crippen molar-refractivity contribution in [2.45, 2.75) is 57.5 Å². The fourth-order valence-electron chi connectivity index (χ4n) is 5.22. The molecule has 0 saturated heterocycles. The van der Waals surface area contributed by atoms with Crippen molar-refractivity contribution in [2.24, 2.45) is 0 Å². The summed E-state index contributed by atoms with van der Waals surface area (Å²) in [4.78, 5) is 30.0. The van der Waals surface area contributed by atoms with Gasteiger partial charge in [0.15, 0.2) is 0 Å². The van der Waals surface area contributed by atoms with Crippen molar-refractivity contribution in [1.82, 2.24) is 10.2 Å². The summed E-state index contributed by atoms with van der Waals surface area (Å²) in [5, 5.41) is 3.42. The van der Waals surface area contributed by atoms with Crippen LogP contribution in [0.5, 0.6) is 5.75 Å². The fraction of sp³-hybridized carbons (Fsp3) is 0.297. The molecule has 4 aromatic rings. The van der Waals surface area contributed by atoms with Gasteiger partial charge in [-0.05, 0) is 67.3 Å². The van der Waals surface area contributed by atoms with E-state index in [1.54, 1.807) is 48.5 Å². The molecule has 0 fully saturated rings. The topological polar surface area (TPSA) is 96.0 Å². The van der Waals surface area contributed by atoms with E-state index in [0.29, 0.717) is 17.1 Å². The van der Waals surface area contributed by atoms with Crippen LogP contribution in [0.4, 0.5) is 5.69 Å². The van der Waals surface area contributed by atoms with E-state index in [4.69, 9.17) is 16.3 Å². The molecule has 10 heteroatoms. The molecule has 0 aliphatic heterocycles. The van der Waals surface area contributed by atoms with Crippen molar-refractivity contribution in [3.63, 3.8) is 0 Å². The zero-order chi connectivity index (χ0) is 34.0. The minimum Gasteiger partial charge on any atom is -0.495 e. The number of nitrogens with one attached hydrogen (secondary N) is 1. The van der Waals surface area contributed by atoms with Gasteiger partial charge in [-0.15, -0.1) is 0 Å². The Morgan fingerprint density at radius 2 is 1.55 bits per heavy atom. The standard InChI is InChI=1S/C37H42ClN3O5S/c1-5-6-22-39-37(43)34(24-29-12-8-7-9-13-29)40(25-30-14-10-11-15-32(30)38)36(42)26-41(33-23-28(3)18-21-35(33)46-4)47(44,45)31-19-16-27(2)17-20-31/h7-21,23,34H,5-6,22,24-26H2,1-4H3,(H,39,43)/t34-/m1/s1. The van der Waals surface area contributed by atoms with E-state index in [1.807, 2.05) is 57.2 Å². The van der Waals surface area contributed by atoms with Crippen LogP contribution >= 0.6 is 11.6 Å². The van der Waals surface area contributed by atoms with Crippen LogP contribution < -0.4 is 14.4 Å². The van der Waals surface area contributed by atoms with E-state index in [-0.39, 0.29) is 35.2 Å². The number of sulfonamides is 1. The second kappa shape index (κ2) is 16.5. The number of carbonyl (C=O) groups excluding carboxylic acids is 2. The van der Waals surface area contributed by atoms with Crippen molar-refractivity contribution in [3.8, 4) is 5.75 Å². The normalized spacial score (nSPS) is 11.9. The molecular weight excluding hydrogens is 634 g/mol. The Morgan fingerprint density at radius 1 is 0.894 bits per heavy atom. The summed E-state index contributed by atoms with van der Waals surface area (Å²) >= 11 is 6.58. The third-order valence-corrected chi connectivity index (χ3v) is 10.0. The summed E-state index contributed by atoms with van der Waals surface area (Å²) in [6.07, 6.45) is 1.88. The lowest BCUT2D eigenvalue weighted by Gasteiger charge is -2.34. The number of amides is 2. The smallest absolute Gasteiger partial charge is 0.264 e. The van der Waals surface area contributed by atoms with Crippen molar-refractivity contribution < 1.29 is 22.7 Å². The van der Waals surface area contributed by atoms with Crippen LogP contribution in [0.3, 0.4) is 0 Å². The molecular formula is C37H42ClN3O5S. The van der Waals surface area contributed by atoms with E-state index in [1.165, 1.54) is 24.1 Å². The molecule has 8 nitrogen and oxygen atoms in total. The first-order valence-electron chi connectivity index (χ1n) is 15.6. The third kappa shape index (κ3) is 9.14. The second-order valence-electron chi connectivity index (χ2n) is 11.5. The lowest BCUT2D eigenvalue weighted by Crippen LogP contribution is -2.53. The summed E-state index contributed by atoms with van der Waals surface area (Å²) in [5.74, 6) is -0.616. The van der Waals surface area contributed by atoms with E-state index >= 15 is 0 Å². The lowest BCUT2D eigenvalue weighted by molar-refractivity contribution is -0.140.